The lowest BCUT2D eigenvalue weighted by Gasteiger charge is -2.10. The summed E-state index contributed by atoms with van der Waals surface area (Å²) in [4.78, 5) is 4.49. The molecule has 5 nitrogen and oxygen atoms in total. The fourth-order valence-electron chi connectivity index (χ4n) is 1.60. The van der Waals surface area contributed by atoms with Crippen molar-refractivity contribution in [1.29, 1.82) is 0 Å². The maximum atomic E-state index is 5.28. The number of rotatable bonds is 9. The normalized spacial score (nSPS) is 11.0. The molecule has 1 heterocycles. The van der Waals surface area contributed by atoms with E-state index in [9.17, 15) is 0 Å². The van der Waals surface area contributed by atoms with Crippen molar-refractivity contribution >= 4 is 29.9 Å². The number of furan rings is 1. The van der Waals surface area contributed by atoms with Crippen molar-refractivity contribution in [3.8, 4) is 0 Å². The van der Waals surface area contributed by atoms with Gasteiger partial charge in [0.15, 0.2) is 5.96 Å². The molecule has 2 N–H and O–H groups in total. The molecule has 0 aliphatic rings. The van der Waals surface area contributed by atoms with Crippen LogP contribution in [0.4, 0.5) is 0 Å². The summed E-state index contributed by atoms with van der Waals surface area (Å²) in [5, 5.41) is 6.51. The van der Waals surface area contributed by atoms with E-state index < -0.39 is 0 Å². The van der Waals surface area contributed by atoms with Gasteiger partial charge in [0.25, 0.3) is 0 Å². The van der Waals surface area contributed by atoms with Gasteiger partial charge in [0.2, 0.25) is 0 Å². The lowest BCUT2D eigenvalue weighted by Crippen LogP contribution is -2.38. The Morgan fingerprint density at radius 2 is 2.20 bits per heavy atom. The standard InChI is InChI=1S/C14H25N3O2.HI/c1-3-15-14(16-9-6-11-18-4-2)17-10-8-13-7-5-12-19-13;/h5,7,12H,3-4,6,8-11H2,1-2H3,(H2,15,16,17);1H. The summed E-state index contributed by atoms with van der Waals surface area (Å²) in [6.45, 7) is 8.05. The highest BCUT2D eigenvalue weighted by Gasteiger charge is 1.98. The van der Waals surface area contributed by atoms with Gasteiger partial charge < -0.3 is 19.8 Å². The molecule has 1 rings (SSSR count). The van der Waals surface area contributed by atoms with Crippen molar-refractivity contribution in [1.82, 2.24) is 10.6 Å². The summed E-state index contributed by atoms with van der Waals surface area (Å²) in [6, 6.07) is 3.89. The molecule has 1 aromatic heterocycles. The molecular weight excluding hydrogens is 369 g/mol. The number of ether oxygens (including phenoxy) is 1. The van der Waals surface area contributed by atoms with E-state index in [1.807, 2.05) is 19.1 Å². The number of aliphatic imine (C=N–C) groups is 1. The predicted octanol–water partition coefficient (Wildman–Crippen LogP) is 2.42. The van der Waals surface area contributed by atoms with Gasteiger partial charge in [-0.15, -0.1) is 24.0 Å². The average molecular weight is 395 g/mol. The molecule has 6 heteroatoms. The Morgan fingerprint density at radius 3 is 2.85 bits per heavy atom. The zero-order valence-corrected chi connectivity index (χ0v) is 14.7. The maximum Gasteiger partial charge on any atom is 0.191 e. The molecule has 0 unspecified atom stereocenters. The van der Waals surface area contributed by atoms with Crippen LogP contribution in [-0.2, 0) is 11.2 Å². The number of hydrogen-bond acceptors (Lipinski definition) is 3. The minimum Gasteiger partial charge on any atom is -0.469 e. The van der Waals surface area contributed by atoms with Gasteiger partial charge in [-0.3, -0.25) is 4.99 Å². The molecule has 0 amide bonds. The Morgan fingerprint density at radius 1 is 1.35 bits per heavy atom. The van der Waals surface area contributed by atoms with Crippen molar-refractivity contribution < 1.29 is 9.15 Å². The van der Waals surface area contributed by atoms with Crippen molar-refractivity contribution in [2.75, 3.05) is 32.8 Å². The van der Waals surface area contributed by atoms with Crippen molar-refractivity contribution in [3.05, 3.63) is 24.2 Å². The number of halogens is 1. The molecule has 1 aromatic rings. The maximum absolute atomic E-state index is 5.28. The van der Waals surface area contributed by atoms with Crippen LogP contribution >= 0.6 is 24.0 Å². The number of guanidine groups is 1. The molecule has 0 bridgehead atoms. The molecule has 20 heavy (non-hydrogen) atoms. The van der Waals surface area contributed by atoms with E-state index in [1.54, 1.807) is 6.26 Å². The SMILES string of the molecule is CCNC(=NCCCOCC)NCCc1ccco1.I. The molecular formula is C14H26IN3O2. The molecule has 0 aromatic carbocycles. The fourth-order valence-corrected chi connectivity index (χ4v) is 1.60. The monoisotopic (exact) mass is 395 g/mol. The average Bonchev–Trinajstić information content (AvgIpc) is 2.91. The summed E-state index contributed by atoms with van der Waals surface area (Å²) >= 11 is 0. The number of nitrogens with one attached hydrogen (secondary N) is 2. The van der Waals surface area contributed by atoms with Gasteiger partial charge in [0.1, 0.15) is 5.76 Å². The molecule has 116 valence electrons. The summed E-state index contributed by atoms with van der Waals surface area (Å²) < 4.78 is 10.6. The predicted molar refractivity (Wildman–Crippen MR) is 92.9 cm³/mol. The van der Waals surface area contributed by atoms with Crippen LogP contribution in [0.1, 0.15) is 26.0 Å². The number of hydrogen-bond donors (Lipinski definition) is 2. The van der Waals surface area contributed by atoms with Gasteiger partial charge in [-0.2, -0.15) is 0 Å². The topological polar surface area (TPSA) is 58.8 Å². The van der Waals surface area contributed by atoms with E-state index in [-0.39, 0.29) is 24.0 Å². The summed E-state index contributed by atoms with van der Waals surface area (Å²) in [7, 11) is 0. The van der Waals surface area contributed by atoms with Crippen LogP contribution in [0.5, 0.6) is 0 Å². The van der Waals surface area contributed by atoms with E-state index >= 15 is 0 Å². The molecule has 0 spiro atoms. The second-order valence-corrected chi connectivity index (χ2v) is 4.07. The second kappa shape index (κ2) is 13.2. The first-order valence-corrected chi connectivity index (χ1v) is 6.99. The minimum atomic E-state index is 0. The molecule has 0 saturated heterocycles. The fraction of sp³-hybridized carbons (Fsp3) is 0.643. The third-order valence-electron chi connectivity index (χ3n) is 2.51. The van der Waals surface area contributed by atoms with Crippen LogP contribution < -0.4 is 10.6 Å². The Labute approximate surface area is 138 Å². The lowest BCUT2D eigenvalue weighted by atomic mass is 10.3. The zero-order valence-electron chi connectivity index (χ0n) is 12.4. The Bertz CT molecular complexity index is 342. The van der Waals surface area contributed by atoms with Crippen LogP contribution in [0.3, 0.4) is 0 Å². The van der Waals surface area contributed by atoms with E-state index in [1.165, 1.54) is 0 Å². The zero-order chi connectivity index (χ0) is 13.8. The lowest BCUT2D eigenvalue weighted by molar-refractivity contribution is 0.146. The van der Waals surface area contributed by atoms with Crippen LogP contribution in [-0.4, -0.2) is 38.8 Å². The van der Waals surface area contributed by atoms with Gasteiger partial charge in [-0.1, -0.05) is 0 Å². The summed E-state index contributed by atoms with van der Waals surface area (Å²) in [6.07, 6.45) is 3.50. The molecule has 0 saturated carbocycles. The quantitative estimate of drug-likeness (QED) is 0.292. The van der Waals surface area contributed by atoms with Crippen LogP contribution in [0, 0.1) is 0 Å². The molecule has 0 atom stereocenters. The van der Waals surface area contributed by atoms with Gasteiger partial charge in [-0.05, 0) is 32.4 Å². The van der Waals surface area contributed by atoms with Gasteiger partial charge >= 0.3 is 0 Å². The Hall–Kier alpha value is -0.760. The van der Waals surface area contributed by atoms with Crippen LogP contribution in [0.2, 0.25) is 0 Å². The van der Waals surface area contributed by atoms with Gasteiger partial charge in [0, 0.05) is 39.3 Å². The van der Waals surface area contributed by atoms with E-state index in [0.717, 1.165) is 57.4 Å². The van der Waals surface area contributed by atoms with Crippen molar-refractivity contribution in [3.63, 3.8) is 0 Å². The largest absolute Gasteiger partial charge is 0.469 e. The van der Waals surface area contributed by atoms with Crippen molar-refractivity contribution in [2.24, 2.45) is 4.99 Å². The first-order valence-electron chi connectivity index (χ1n) is 6.99. The Kier molecular flexibility index (Phi) is 12.7. The minimum absolute atomic E-state index is 0. The highest BCUT2D eigenvalue weighted by molar-refractivity contribution is 14.0. The summed E-state index contributed by atoms with van der Waals surface area (Å²) in [5.41, 5.74) is 0. The molecule has 0 aliphatic carbocycles. The first-order chi connectivity index (χ1) is 9.36. The first kappa shape index (κ1) is 19.2. The van der Waals surface area contributed by atoms with Gasteiger partial charge in [-0.25, -0.2) is 0 Å². The molecule has 0 aliphatic heterocycles. The highest BCUT2D eigenvalue weighted by atomic mass is 127. The smallest absolute Gasteiger partial charge is 0.191 e. The highest BCUT2D eigenvalue weighted by Crippen LogP contribution is 1.99. The summed E-state index contributed by atoms with van der Waals surface area (Å²) in [5.74, 6) is 1.84. The van der Waals surface area contributed by atoms with Crippen LogP contribution in [0.25, 0.3) is 0 Å². The third-order valence-corrected chi connectivity index (χ3v) is 2.51. The molecule has 0 radical (unpaired) electrons. The van der Waals surface area contributed by atoms with Crippen molar-refractivity contribution in [2.45, 2.75) is 26.7 Å². The Balaban J connectivity index is 0.00000361. The molecule has 0 fully saturated rings. The van der Waals surface area contributed by atoms with Crippen LogP contribution in [0.15, 0.2) is 27.8 Å². The van der Waals surface area contributed by atoms with E-state index in [4.69, 9.17) is 9.15 Å². The van der Waals surface area contributed by atoms with E-state index in [0.29, 0.717) is 0 Å². The second-order valence-electron chi connectivity index (χ2n) is 4.07. The van der Waals surface area contributed by atoms with Gasteiger partial charge in [0.05, 0.1) is 6.26 Å². The number of nitrogens with zero attached hydrogens (tertiary/aromatic N) is 1. The third kappa shape index (κ3) is 9.19. The van der Waals surface area contributed by atoms with E-state index in [2.05, 4.69) is 22.5 Å².